The Hall–Kier alpha value is -0.800. The molecule has 0 aliphatic carbocycles. The Bertz CT molecular complexity index is 357. The van der Waals surface area contributed by atoms with Gasteiger partial charge in [-0.05, 0) is 31.0 Å². The zero-order chi connectivity index (χ0) is 12.3. The van der Waals surface area contributed by atoms with Crippen LogP contribution in [-0.2, 0) is 13.1 Å². The minimum Gasteiger partial charge on any atom is -0.468 e. The highest BCUT2D eigenvalue weighted by atomic mass is 16.3. The minimum atomic E-state index is 0.478. The number of rotatable bonds is 5. The molecule has 0 unspecified atom stereocenters. The Balaban J connectivity index is 1.92. The van der Waals surface area contributed by atoms with Crippen LogP contribution in [0.5, 0.6) is 0 Å². The molecule has 17 heavy (non-hydrogen) atoms. The van der Waals surface area contributed by atoms with Crippen LogP contribution >= 0.6 is 0 Å². The van der Waals surface area contributed by atoms with Crippen LogP contribution in [-0.4, -0.2) is 24.5 Å². The number of hydrogen-bond donors (Lipinski definition) is 1. The molecule has 0 amide bonds. The van der Waals surface area contributed by atoms with Gasteiger partial charge in [0.05, 0.1) is 12.8 Å². The number of nitrogens with zero attached hydrogens (tertiary/aromatic N) is 1. The van der Waals surface area contributed by atoms with E-state index in [2.05, 4.69) is 37.1 Å². The average molecular weight is 236 g/mol. The lowest BCUT2D eigenvalue weighted by Crippen LogP contribution is -2.23. The molecule has 0 aromatic carbocycles. The number of nitrogens with one attached hydrogen (secondary N) is 1. The molecule has 1 aliphatic heterocycles. The predicted octanol–water partition coefficient (Wildman–Crippen LogP) is 2.62. The van der Waals surface area contributed by atoms with Crippen LogP contribution in [0.2, 0.25) is 0 Å². The van der Waals surface area contributed by atoms with Gasteiger partial charge in [-0.15, -0.1) is 0 Å². The van der Waals surface area contributed by atoms with Crippen molar-refractivity contribution in [2.24, 2.45) is 5.41 Å². The van der Waals surface area contributed by atoms with Crippen molar-refractivity contribution in [3.05, 3.63) is 23.7 Å². The lowest BCUT2D eigenvalue weighted by atomic mass is 9.93. The van der Waals surface area contributed by atoms with Crippen molar-refractivity contribution in [1.29, 1.82) is 0 Å². The fourth-order valence-electron chi connectivity index (χ4n) is 2.50. The Morgan fingerprint density at radius 2 is 2.29 bits per heavy atom. The number of furan rings is 1. The summed E-state index contributed by atoms with van der Waals surface area (Å²) in [4.78, 5) is 2.53. The van der Waals surface area contributed by atoms with E-state index in [-0.39, 0.29) is 0 Å². The Kier molecular flexibility index (Phi) is 3.89. The predicted molar refractivity (Wildman–Crippen MR) is 69.8 cm³/mol. The molecule has 3 heteroatoms. The molecule has 1 fully saturated rings. The Labute approximate surface area is 104 Å². The highest BCUT2D eigenvalue weighted by molar-refractivity contribution is 5.17. The van der Waals surface area contributed by atoms with Gasteiger partial charge in [-0.2, -0.15) is 0 Å². The van der Waals surface area contributed by atoms with Crippen molar-refractivity contribution in [2.75, 3.05) is 19.6 Å². The molecule has 1 N–H and O–H groups in total. The van der Waals surface area contributed by atoms with Gasteiger partial charge in [0.1, 0.15) is 5.76 Å². The van der Waals surface area contributed by atoms with E-state index < -0.39 is 0 Å². The van der Waals surface area contributed by atoms with Crippen LogP contribution in [0, 0.1) is 5.41 Å². The second kappa shape index (κ2) is 5.23. The van der Waals surface area contributed by atoms with Gasteiger partial charge in [0.2, 0.25) is 0 Å². The molecule has 1 aromatic heterocycles. The normalized spacial score (nSPS) is 19.9. The molecule has 2 rings (SSSR count). The zero-order valence-corrected chi connectivity index (χ0v) is 11.3. The maximum Gasteiger partial charge on any atom is 0.122 e. The van der Waals surface area contributed by atoms with E-state index >= 15 is 0 Å². The molecule has 0 bridgehead atoms. The molecular weight excluding hydrogens is 212 g/mol. The van der Waals surface area contributed by atoms with Crippen LogP contribution in [0.15, 0.2) is 16.7 Å². The maximum atomic E-state index is 5.54. The van der Waals surface area contributed by atoms with Gasteiger partial charge < -0.3 is 9.73 Å². The standard InChI is InChI=1S/C14H24N2O/c1-4-15-9-13-12(5-8-17-13)10-16-7-6-14(2,3)11-16/h5,8,15H,4,6-7,9-11H2,1-3H3. The molecule has 3 nitrogen and oxygen atoms in total. The lowest BCUT2D eigenvalue weighted by Gasteiger charge is -2.19. The summed E-state index contributed by atoms with van der Waals surface area (Å²) in [6, 6.07) is 2.11. The molecular formula is C14H24N2O. The van der Waals surface area contributed by atoms with E-state index in [1.807, 2.05) is 6.26 Å². The fraction of sp³-hybridized carbons (Fsp3) is 0.714. The van der Waals surface area contributed by atoms with E-state index in [0.29, 0.717) is 5.41 Å². The van der Waals surface area contributed by atoms with Gasteiger partial charge in [-0.3, -0.25) is 4.90 Å². The monoisotopic (exact) mass is 236 g/mol. The molecule has 1 saturated heterocycles. The summed E-state index contributed by atoms with van der Waals surface area (Å²) in [7, 11) is 0. The maximum absolute atomic E-state index is 5.54. The van der Waals surface area contributed by atoms with E-state index in [9.17, 15) is 0 Å². The summed E-state index contributed by atoms with van der Waals surface area (Å²) in [5.41, 5.74) is 1.81. The highest BCUT2D eigenvalue weighted by Gasteiger charge is 2.29. The summed E-state index contributed by atoms with van der Waals surface area (Å²) in [5, 5.41) is 3.32. The first-order valence-corrected chi connectivity index (χ1v) is 6.59. The van der Waals surface area contributed by atoms with Crippen molar-refractivity contribution in [3.8, 4) is 0 Å². The minimum absolute atomic E-state index is 0.478. The van der Waals surface area contributed by atoms with E-state index in [1.165, 1.54) is 25.1 Å². The van der Waals surface area contributed by atoms with Gasteiger partial charge in [0.15, 0.2) is 0 Å². The quantitative estimate of drug-likeness (QED) is 0.852. The van der Waals surface area contributed by atoms with E-state index in [4.69, 9.17) is 4.42 Å². The SMILES string of the molecule is CCNCc1occc1CN1CCC(C)(C)C1. The van der Waals surface area contributed by atoms with Gasteiger partial charge in [0.25, 0.3) is 0 Å². The van der Waals surface area contributed by atoms with Crippen molar-refractivity contribution in [3.63, 3.8) is 0 Å². The Morgan fingerprint density at radius 3 is 2.94 bits per heavy atom. The third kappa shape index (κ3) is 3.33. The highest BCUT2D eigenvalue weighted by Crippen LogP contribution is 2.30. The third-order valence-corrected chi connectivity index (χ3v) is 3.52. The molecule has 0 saturated carbocycles. The van der Waals surface area contributed by atoms with Gasteiger partial charge in [-0.25, -0.2) is 0 Å². The van der Waals surface area contributed by atoms with Gasteiger partial charge in [0, 0.05) is 18.7 Å². The number of hydrogen-bond acceptors (Lipinski definition) is 3. The molecule has 96 valence electrons. The lowest BCUT2D eigenvalue weighted by molar-refractivity contribution is 0.282. The summed E-state index contributed by atoms with van der Waals surface area (Å²) < 4.78 is 5.54. The van der Waals surface area contributed by atoms with Crippen LogP contribution in [0.3, 0.4) is 0 Å². The first-order chi connectivity index (χ1) is 8.11. The third-order valence-electron chi connectivity index (χ3n) is 3.52. The van der Waals surface area contributed by atoms with Gasteiger partial charge >= 0.3 is 0 Å². The molecule has 1 aromatic rings. The Morgan fingerprint density at radius 1 is 1.47 bits per heavy atom. The zero-order valence-electron chi connectivity index (χ0n) is 11.3. The first kappa shape index (κ1) is 12.7. The summed E-state index contributed by atoms with van der Waals surface area (Å²) in [6.45, 7) is 12.1. The first-order valence-electron chi connectivity index (χ1n) is 6.59. The molecule has 1 aliphatic rings. The fourth-order valence-corrected chi connectivity index (χ4v) is 2.50. The van der Waals surface area contributed by atoms with Crippen LogP contribution < -0.4 is 5.32 Å². The molecule has 0 atom stereocenters. The summed E-state index contributed by atoms with van der Waals surface area (Å²) >= 11 is 0. The second-order valence-corrected chi connectivity index (χ2v) is 5.77. The van der Waals surface area contributed by atoms with Crippen LogP contribution in [0.4, 0.5) is 0 Å². The topological polar surface area (TPSA) is 28.4 Å². The van der Waals surface area contributed by atoms with Gasteiger partial charge in [-0.1, -0.05) is 20.8 Å². The van der Waals surface area contributed by atoms with E-state index in [1.54, 1.807) is 0 Å². The van der Waals surface area contributed by atoms with Crippen molar-refractivity contribution < 1.29 is 4.42 Å². The average Bonchev–Trinajstić information content (AvgIpc) is 2.83. The largest absolute Gasteiger partial charge is 0.468 e. The van der Waals surface area contributed by atoms with Crippen molar-refractivity contribution >= 4 is 0 Å². The van der Waals surface area contributed by atoms with Crippen LogP contribution in [0.25, 0.3) is 0 Å². The molecule has 2 heterocycles. The second-order valence-electron chi connectivity index (χ2n) is 5.77. The smallest absolute Gasteiger partial charge is 0.122 e. The van der Waals surface area contributed by atoms with E-state index in [0.717, 1.165) is 25.4 Å². The summed E-state index contributed by atoms with van der Waals surface area (Å²) in [5.74, 6) is 1.09. The molecule has 0 spiro atoms. The number of likely N-dealkylation sites (tertiary alicyclic amines) is 1. The van der Waals surface area contributed by atoms with Crippen molar-refractivity contribution in [2.45, 2.75) is 40.3 Å². The molecule has 0 radical (unpaired) electrons. The van der Waals surface area contributed by atoms with Crippen LogP contribution in [0.1, 0.15) is 38.5 Å². The summed E-state index contributed by atoms with van der Waals surface area (Å²) in [6.07, 6.45) is 3.11. The van der Waals surface area contributed by atoms with Crippen molar-refractivity contribution in [1.82, 2.24) is 10.2 Å².